The molecule has 2 aromatic rings. The van der Waals surface area contributed by atoms with Crippen LogP contribution in [-0.4, -0.2) is 36.9 Å². The molecule has 6 nitrogen and oxygen atoms in total. The molecule has 0 amide bonds. The van der Waals surface area contributed by atoms with E-state index >= 15 is 0 Å². The molecule has 1 aliphatic heterocycles. The fraction of sp³-hybridized carbons (Fsp3) is 0.441. The molecule has 0 saturated heterocycles. The Hall–Kier alpha value is -3.67. The highest BCUT2D eigenvalue weighted by molar-refractivity contribution is 6.01. The summed E-state index contributed by atoms with van der Waals surface area (Å²) in [4.78, 5) is 29.2. The summed E-state index contributed by atoms with van der Waals surface area (Å²) in [5.74, 6) is 1.78. The molecule has 40 heavy (non-hydrogen) atoms. The number of hydrogen-bond donors (Lipinski definition) is 0. The summed E-state index contributed by atoms with van der Waals surface area (Å²) in [6, 6.07) is 13.2. The third-order valence-electron chi connectivity index (χ3n) is 8.00. The lowest BCUT2D eigenvalue weighted by Gasteiger charge is -2.30. The summed E-state index contributed by atoms with van der Waals surface area (Å²) >= 11 is 0. The number of esters is 1. The second-order valence-corrected chi connectivity index (χ2v) is 11.1. The highest BCUT2D eigenvalue weighted by Gasteiger charge is 2.32. The Morgan fingerprint density at radius 1 is 1.00 bits per heavy atom. The van der Waals surface area contributed by atoms with Gasteiger partial charge in [-0.1, -0.05) is 56.1 Å². The maximum Gasteiger partial charge on any atom is 0.338 e. The van der Waals surface area contributed by atoms with Gasteiger partial charge in [0.05, 0.1) is 18.2 Å². The third kappa shape index (κ3) is 6.72. The van der Waals surface area contributed by atoms with Gasteiger partial charge in [0, 0.05) is 17.4 Å². The highest BCUT2D eigenvalue weighted by Crippen LogP contribution is 2.37. The zero-order valence-corrected chi connectivity index (χ0v) is 23.5. The molecule has 2 aliphatic carbocycles. The van der Waals surface area contributed by atoms with Crippen LogP contribution in [0, 0.1) is 5.92 Å². The Labute approximate surface area is 237 Å². The molecule has 2 unspecified atom stereocenters. The van der Waals surface area contributed by atoms with E-state index in [4.69, 9.17) is 19.2 Å². The van der Waals surface area contributed by atoms with Crippen LogP contribution in [0.1, 0.15) is 92.6 Å². The van der Waals surface area contributed by atoms with Crippen LogP contribution < -0.4 is 9.47 Å². The highest BCUT2D eigenvalue weighted by atomic mass is 16.5. The van der Waals surface area contributed by atoms with Crippen molar-refractivity contribution in [1.82, 2.24) is 0 Å². The summed E-state index contributed by atoms with van der Waals surface area (Å²) < 4.78 is 18.1. The average Bonchev–Trinajstić information content (AvgIpc) is 2.98. The molecule has 0 N–H and O–H groups in total. The van der Waals surface area contributed by atoms with Gasteiger partial charge in [-0.2, -0.15) is 0 Å². The quantitative estimate of drug-likeness (QED) is 0.178. The van der Waals surface area contributed by atoms with Crippen LogP contribution in [0.25, 0.3) is 0 Å². The zero-order chi connectivity index (χ0) is 27.9. The van der Waals surface area contributed by atoms with Gasteiger partial charge in [-0.25, -0.2) is 9.79 Å². The number of aldehydes is 1. The van der Waals surface area contributed by atoms with Gasteiger partial charge in [-0.3, -0.25) is 0 Å². The largest absolute Gasteiger partial charge is 0.494 e. The Bertz CT molecular complexity index is 1280. The fourth-order valence-corrected chi connectivity index (χ4v) is 5.64. The molecule has 2 aromatic carbocycles. The van der Waals surface area contributed by atoms with E-state index in [1.165, 1.54) is 19.3 Å². The average molecular weight is 542 g/mol. The summed E-state index contributed by atoms with van der Waals surface area (Å²) in [5.41, 5.74) is 3.52. The van der Waals surface area contributed by atoms with Gasteiger partial charge in [0.15, 0.2) is 0 Å². The molecule has 6 heteroatoms. The van der Waals surface area contributed by atoms with Crippen LogP contribution in [0.5, 0.6) is 11.5 Å². The van der Waals surface area contributed by atoms with Gasteiger partial charge in [0.1, 0.15) is 23.9 Å². The topological polar surface area (TPSA) is 74.2 Å². The van der Waals surface area contributed by atoms with Crippen molar-refractivity contribution in [2.75, 3.05) is 6.61 Å². The molecule has 0 radical (unpaired) electrons. The van der Waals surface area contributed by atoms with Gasteiger partial charge in [-0.15, -0.1) is 0 Å². The SMILES string of the molecule is CCCCCCOc1ccc(OC2=NC3C=C(C)C=CC3c3ccc(C(=O)OC4CCC(C=O)CC4)cc32)cc1. The number of carbonyl (C=O) groups excluding carboxylic acids is 2. The summed E-state index contributed by atoms with van der Waals surface area (Å²) in [6.45, 7) is 4.98. The van der Waals surface area contributed by atoms with Crippen LogP contribution in [0.4, 0.5) is 0 Å². The first-order chi connectivity index (χ1) is 19.5. The number of allylic oxidation sites excluding steroid dienone is 2. The molecule has 1 heterocycles. The molecule has 210 valence electrons. The second kappa shape index (κ2) is 13.1. The molecule has 0 aromatic heterocycles. The lowest BCUT2D eigenvalue weighted by atomic mass is 9.81. The summed E-state index contributed by atoms with van der Waals surface area (Å²) in [6.07, 6.45) is 14.9. The Balaban J connectivity index is 1.32. The number of hydrogen-bond acceptors (Lipinski definition) is 6. The first-order valence-electron chi connectivity index (χ1n) is 14.7. The zero-order valence-electron chi connectivity index (χ0n) is 23.5. The lowest BCUT2D eigenvalue weighted by molar-refractivity contribution is -0.112. The molecule has 1 saturated carbocycles. The molecule has 5 rings (SSSR count). The van der Waals surface area contributed by atoms with E-state index in [0.717, 1.165) is 48.0 Å². The Morgan fingerprint density at radius 2 is 1.77 bits per heavy atom. The summed E-state index contributed by atoms with van der Waals surface area (Å²) in [7, 11) is 0. The number of ether oxygens (including phenoxy) is 3. The first kappa shape index (κ1) is 27.9. The molecule has 1 fully saturated rings. The minimum Gasteiger partial charge on any atom is -0.494 e. The molecule has 2 atom stereocenters. The van der Waals surface area contributed by atoms with Gasteiger partial charge >= 0.3 is 5.97 Å². The number of aliphatic imine (C=N–C) groups is 1. The molecular weight excluding hydrogens is 502 g/mol. The first-order valence-corrected chi connectivity index (χ1v) is 14.7. The van der Waals surface area contributed by atoms with Gasteiger partial charge in [0.25, 0.3) is 0 Å². The van der Waals surface area contributed by atoms with Gasteiger partial charge in [-0.05, 0) is 81.0 Å². The van der Waals surface area contributed by atoms with Crippen molar-refractivity contribution in [3.63, 3.8) is 0 Å². The van der Waals surface area contributed by atoms with Crippen LogP contribution in [0.15, 0.2) is 71.3 Å². The van der Waals surface area contributed by atoms with Crippen molar-refractivity contribution >= 4 is 18.2 Å². The lowest BCUT2D eigenvalue weighted by Crippen LogP contribution is -2.29. The molecule has 0 spiro atoms. The minimum atomic E-state index is -0.353. The van der Waals surface area contributed by atoms with Crippen molar-refractivity contribution < 1.29 is 23.8 Å². The third-order valence-corrected chi connectivity index (χ3v) is 8.00. The van der Waals surface area contributed by atoms with E-state index in [-0.39, 0.29) is 30.0 Å². The number of carbonyl (C=O) groups is 2. The summed E-state index contributed by atoms with van der Waals surface area (Å²) in [5, 5.41) is 0. The standard InChI is InChI=1S/C34H39NO5/c1-3-4-5-6-19-38-26-13-15-27(16-14-26)39-33-31-21-25(34(37)40-28-11-8-24(22-36)9-12-28)10-18-29(31)30-17-7-23(2)20-32(30)35-33/h7,10,13-18,20-22,24,28,30,32H,3-6,8-9,11-12,19H2,1-2H3. The monoisotopic (exact) mass is 541 g/mol. The van der Waals surface area contributed by atoms with Crippen molar-refractivity contribution in [3.05, 3.63) is 83.0 Å². The number of nitrogens with zero attached hydrogens (tertiary/aromatic N) is 1. The minimum absolute atomic E-state index is 0.0657. The van der Waals surface area contributed by atoms with E-state index in [1.54, 1.807) is 0 Å². The number of unbranched alkanes of at least 4 members (excludes halogenated alkanes) is 3. The molecule has 0 bridgehead atoms. The van der Waals surface area contributed by atoms with Crippen LogP contribution >= 0.6 is 0 Å². The smallest absolute Gasteiger partial charge is 0.338 e. The maximum atomic E-state index is 13.1. The number of rotatable bonds is 10. The fourth-order valence-electron chi connectivity index (χ4n) is 5.64. The van der Waals surface area contributed by atoms with Crippen molar-refractivity contribution in [3.8, 4) is 11.5 Å². The van der Waals surface area contributed by atoms with E-state index in [2.05, 4.69) is 32.1 Å². The number of fused-ring (bicyclic) bond motifs is 3. The van der Waals surface area contributed by atoms with E-state index in [1.807, 2.05) is 42.5 Å². The predicted molar refractivity (Wildman–Crippen MR) is 156 cm³/mol. The Morgan fingerprint density at radius 3 is 2.52 bits per heavy atom. The molecule has 3 aliphatic rings. The van der Waals surface area contributed by atoms with Gasteiger partial charge < -0.3 is 19.0 Å². The van der Waals surface area contributed by atoms with E-state index in [9.17, 15) is 9.59 Å². The van der Waals surface area contributed by atoms with Crippen molar-refractivity contribution in [2.24, 2.45) is 10.9 Å². The van der Waals surface area contributed by atoms with Crippen molar-refractivity contribution in [1.29, 1.82) is 0 Å². The predicted octanol–water partition coefficient (Wildman–Crippen LogP) is 7.37. The van der Waals surface area contributed by atoms with Crippen LogP contribution in [0.3, 0.4) is 0 Å². The normalized spacial score (nSPS) is 23.2. The van der Waals surface area contributed by atoms with Gasteiger partial charge in [0.2, 0.25) is 5.90 Å². The van der Waals surface area contributed by atoms with Crippen LogP contribution in [-0.2, 0) is 9.53 Å². The van der Waals surface area contributed by atoms with Crippen molar-refractivity contribution in [2.45, 2.75) is 83.3 Å². The maximum absolute atomic E-state index is 13.1. The van der Waals surface area contributed by atoms with Crippen LogP contribution in [0.2, 0.25) is 0 Å². The number of benzene rings is 2. The second-order valence-electron chi connectivity index (χ2n) is 11.1. The van der Waals surface area contributed by atoms with E-state index in [0.29, 0.717) is 36.7 Å². The Kier molecular flexibility index (Phi) is 9.15. The molecular formula is C34H39NO5. The van der Waals surface area contributed by atoms with E-state index < -0.39 is 0 Å².